The SMILES string of the molecule is CC[Si](CC)(CC)OC(C)OC(C)(C)C. The zero-order chi connectivity index (χ0) is 12.1. The Morgan fingerprint density at radius 1 is 1.00 bits per heavy atom. The lowest BCUT2D eigenvalue weighted by molar-refractivity contribution is -0.145. The van der Waals surface area contributed by atoms with Crippen LogP contribution in [0.25, 0.3) is 0 Å². The summed E-state index contributed by atoms with van der Waals surface area (Å²) >= 11 is 0. The Labute approximate surface area is 96.5 Å². The van der Waals surface area contributed by atoms with Crippen LogP contribution in [0.1, 0.15) is 48.5 Å². The molecule has 15 heavy (non-hydrogen) atoms. The summed E-state index contributed by atoms with van der Waals surface area (Å²) in [5.74, 6) is 0. The van der Waals surface area contributed by atoms with Crippen LogP contribution in [-0.4, -0.2) is 20.2 Å². The molecule has 0 fully saturated rings. The van der Waals surface area contributed by atoms with Crippen molar-refractivity contribution in [1.29, 1.82) is 0 Å². The van der Waals surface area contributed by atoms with Crippen molar-refractivity contribution < 1.29 is 9.16 Å². The first-order chi connectivity index (χ1) is 6.78. The highest BCUT2D eigenvalue weighted by atomic mass is 28.4. The third-order valence-corrected chi connectivity index (χ3v) is 7.57. The quantitative estimate of drug-likeness (QED) is 0.505. The topological polar surface area (TPSA) is 18.5 Å². The Morgan fingerprint density at radius 3 is 1.67 bits per heavy atom. The van der Waals surface area contributed by atoms with Gasteiger partial charge >= 0.3 is 0 Å². The molecule has 0 heterocycles. The monoisotopic (exact) mass is 232 g/mol. The largest absolute Gasteiger partial charge is 0.392 e. The Morgan fingerprint density at radius 2 is 1.40 bits per heavy atom. The molecule has 0 spiro atoms. The van der Waals surface area contributed by atoms with Gasteiger partial charge in [-0.15, -0.1) is 0 Å². The second kappa shape index (κ2) is 6.02. The Hall–Kier alpha value is 0.137. The number of hydrogen-bond donors (Lipinski definition) is 0. The number of rotatable bonds is 6. The van der Waals surface area contributed by atoms with E-state index in [4.69, 9.17) is 9.16 Å². The molecule has 0 aromatic rings. The molecule has 0 aromatic heterocycles. The predicted molar refractivity (Wildman–Crippen MR) is 68.6 cm³/mol. The van der Waals surface area contributed by atoms with Gasteiger partial charge in [0, 0.05) is 0 Å². The third-order valence-electron chi connectivity index (χ3n) is 2.87. The molecule has 0 bridgehead atoms. The van der Waals surface area contributed by atoms with Crippen LogP contribution in [0.15, 0.2) is 0 Å². The smallest absolute Gasteiger partial charge is 0.195 e. The van der Waals surface area contributed by atoms with Crippen molar-refractivity contribution in [3.05, 3.63) is 0 Å². The molecule has 0 radical (unpaired) electrons. The van der Waals surface area contributed by atoms with Crippen molar-refractivity contribution >= 4 is 8.32 Å². The van der Waals surface area contributed by atoms with E-state index in [9.17, 15) is 0 Å². The van der Waals surface area contributed by atoms with Gasteiger partial charge in [0.25, 0.3) is 0 Å². The van der Waals surface area contributed by atoms with Crippen molar-refractivity contribution in [3.63, 3.8) is 0 Å². The van der Waals surface area contributed by atoms with Gasteiger partial charge in [-0.2, -0.15) is 0 Å². The number of ether oxygens (including phenoxy) is 1. The number of hydrogen-bond acceptors (Lipinski definition) is 2. The summed E-state index contributed by atoms with van der Waals surface area (Å²) in [5.41, 5.74) is -0.116. The zero-order valence-corrected chi connectivity index (χ0v) is 12.5. The van der Waals surface area contributed by atoms with Gasteiger partial charge in [-0.1, -0.05) is 20.8 Å². The van der Waals surface area contributed by atoms with Crippen molar-refractivity contribution in [2.45, 2.75) is 78.5 Å². The van der Waals surface area contributed by atoms with Gasteiger partial charge in [0.2, 0.25) is 0 Å². The van der Waals surface area contributed by atoms with Gasteiger partial charge in [-0.25, -0.2) is 0 Å². The summed E-state index contributed by atoms with van der Waals surface area (Å²) in [5, 5.41) is 0. The molecular weight excluding hydrogens is 204 g/mol. The van der Waals surface area contributed by atoms with E-state index in [0.717, 1.165) is 0 Å². The summed E-state index contributed by atoms with van der Waals surface area (Å²) in [6, 6.07) is 3.54. The average molecular weight is 232 g/mol. The van der Waals surface area contributed by atoms with Crippen LogP contribution >= 0.6 is 0 Å². The molecule has 0 aliphatic heterocycles. The highest BCUT2D eigenvalue weighted by Gasteiger charge is 2.32. The summed E-state index contributed by atoms with van der Waals surface area (Å²) in [7, 11) is -1.51. The molecule has 0 aromatic carbocycles. The van der Waals surface area contributed by atoms with Crippen LogP contribution in [0.2, 0.25) is 18.1 Å². The normalized spacial score (nSPS) is 15.4. The second-order valence-corrected chi connectivity index (χ2v) is 9.88. The van der Waals surface area contributed by atoms with Gasteiger partial charge in [-0.05, 0) is 45.8 Å². The molecule has 92 valence electrons. The molecule has 1 unspecified atom stereocenters. The molecular formula is C12H28O2Si. The zero-order valence-electron chi connectivity index (χ0n) is 11.5. The predicted octanol–water partition coefficient (Wildman–Crippen LogP) is 4.17. The fraction of sp³-hybridized carbons (Fsp3) is 1.00. The van der Waals surface area contributed by atoms with Gasteiger partial charge in [0.15, 0.2) is 8.32 Å². The maximum Gasteiger partial charge on any atom is 0.195 e. The minimum Gasteiger partial charge on any atom is -0.392 e. The highest BCUT2D eigenvalue weighted by molar-refractivity contribution is 6.73. The summed E-state index contributed by atoms with van der Waals surface area (Å²) in [6.45, 7) is 14.9. The summed E-state index contributed by atoms with van der Waals surface area (Å²) < 4.78 is 12.0. The van der Waals surface area contributed by atoms with E-state index < -0.39 is 8.32 Å². The van der Waals surface area contributed by atoms with E-state index in [0.29, 0.717) is 0 Å². The Bertz CT molecular complexity index is 163. The van der Waals surface area contributed by atoms with Crippen molar-refractivity contribution in [2.24, 2.45) is 0 Å². The van der Waals surface area contributed by atoms with Crippen LogP contribution in [0, 0.1) is 0 Å². The summed E-state index contributed by atoms with van der Waals surface area (Å²) in [6.07, 6.45) is -0.0727. The molecule has 0 rings (SSSR count). The maximum absolute atomic E-state index is 6.18. The lowest BCUT2D eigenvalue weighted by atomic mass is 10.2. The third kappa shape index (κ3) is 5.69. The first kappa shape index (κ1) is 15.1. The van der Waals surface area contributed by atoms with Crippen LogP contribution in [0.4, 0.5) is 0 Å². The van der Waals surface area contributed by atoms with Gasteiger partial charge in [0.05, 0.1) is 5.60 Å². The molecule has 3 heteroatoms. The first-order valence-corrected chi connectivity index (χ1v) is 8.67. The Kier molecular flexibility index (Phi) is 6.07. The molecule has 0 amide bonds. The molecule has 0 aliphatic carbocycles. The molecule has 1 atom stereocenters. The molecule has 2 nitrogen and oxygen atoms in total. The minimum absolute atomic E-state index is 0.0727. The van der Waals surface area contributed by atoms with Crippen LogP contribution < -0.4 is 0 Å². The van der Waals surface area contributed by atoms with Gasteiger partial charge < -0.3 is 9.16 Å². The lowest BCUT2D eigenvalue weighted by Crippen LogP contribution is -2.41. The highest BCUT2D eigenvalue weighted by Crippen LogP contribution is 2.25. The van der Waals surface area contributed by atoms with E-state index in [1.54, 1.807) is 0 Å². The van der Waals surface area contributed by atoms with Crippen molar-refractivity contribution in [2.75, 3.05) is 0 Å². The van der Waals surface area contributed by atoms with Crippen molar-refractivity contribution in [1.82, 2.24) is 0 Å². The average Bonchev–Trinajstić information content (AvgIpc) is 2.11. The fourth-order valence-corrected chi connectivity index (χ4v) is 4.63. The van der Waals surface area contributed by atoms with Gasteiger partial charge in [0.1, 0.15) is 6.29 Å². The molecule has 0 saturated heterocycles. The Balaban J connectivity index is 4.29. The summed E-state index contributed by atoms with van der Waals surface area (Å²) in [4.78, 5) is 0. The van der Waals surface area contributed by atoms with Crippen LogP contribution in [0.3, 0.4) is 0 Å². The van der Waals surface area contributed by atoms with Gasteiger partial charge in [-0.3, -0.25) is 0 Å². The van der Waals surface area contributed by atoms with E-state index >= 15 is 0 Å². The molecule has 0 saturated carbocycles. The molecule has 0 aliphatic rings. The van der Waals surface area contributed by atoms with E-state index in [2.05, 4.69) is 41.5 Å². The van der Waals surface area contributed by atoms with Crippen LogP contribution in [0.5, 0.6) is 0 Å². The van der Waals surface area contributed by atoms with E-state index in [1.165, 1.54) is 18.1 Å². The van der Waals surface area contributed by atoms with Crippen LogP contribution in [-0.2, 0) is 9.16 Å². The molecule has 0 N–H and O–H groups in total. The standard InChI is InChI=1S/C12H28O2Si/c1-8-15(9-2,10-3)14-11(4)13-12(5,6)7/h11H,8-10H2,1-7H3. The second-order valence-electron chi connectivity index (χ2n) is 5.16. The van der Waals surface area contributed by atoms with Crippen molar-refractivity contribution in [3.8, 4) is 0 Å². The minimum atomic E-state index is -1.51. The lowest BCUT2D eigenvalue weighted by Gasteiger charge is -2.34. The fourth-order valence-electron chi connectivity index (χ4n) is 1.87. The van der Waals surface area contributed by atoms with E-state index in [-0.39, 0.29) is 11.9 Å². The first-order valence-electron chi connectivity index (χ1n) is 6.14. The van der Waals surface area contributed by atoms with E-state index in [1.807, 2.05) is 6.92 Å². The maximum atomic E-state index is 6.18.